The van der Waals surface area contributed by atoms with Crippen molar-refractivity contribution in [3.63, 3.8) is 0 Å². The zero-order valence-corrected chi connectivity index (χ0v) is 10.9. The Bertz CT molecular complexity index is 675. The van der Waals surface area contributed by atoms with E-state index in [-0.39, 0.29) is 17.2 Å². The van der Waals surface area contributed by atoms with Gasteiger partial charge in [-0.1, -0.05) is 0 Å². The van der Waals surface area contributed by atoms with Gasteiger partial charge >= 0.3 is 0 Å². The SMILES string of the molecule is CCN(CC)C(=O)c1cc2cc(F)ccc2c(=O)[nH]1. The minimum atomic E-state index is -0.431. The first-order valence-electron chi connectivity index (χ1n) is 6.18. The van der Waals surface area contributed by atoms with E-state index >= 15 is 0 Å². The average Bonchev–Trinajstić information content (AvgIpc) is 2.39. The molecular formula is C14H15FN2O2. The molecule has 2 aromatic rings. The zero-order chi connectivity index (χ0) is 14.0. The molecule has 1 N–H and O–H groups in total. The predicted octanol–water partition coefficient (Wildman–Crippen LogP) is 2.15. The summed E-state index contributed by atoms with van der Waals surface area (Å²) in [6.07, 6.45) is 0. The molecular weight excluding hydrogens is 247 g/mol. The Morgan fingerprint density at radius 1 is 1.26 bits per heavy atom. The second kappa shape index (κ2) is 5.22. The van der Waals surface area contributed by atoms with Crippen LogP contribution in [0.15, 0.2) is 29.1 Å². The topological polar surface area (TPSA) is 53.2 Å². The highest BCUT2D eigenvalue weighted by molar-refractivity contribution is 5.96. The highest BCUT2D eigenvalue weighted by Gasteiger charge is 2.14. The second-order valence-electron chi connectivity index (χ2n) is 4.22. The van der Waals surface area contributed by atoms with Crippen LogP contribution < -0.4 is 5.56 Å². The first-order chi connectivity index (χ1) is 9.06. The lowest BCUT2D eigenvalue weighted by molar-refractivity contribution is 0.0767. The molecule has 5 heteroatoms. The van der Waals surface area contributed by atoms with Crippen molar-refractivity contribution in [3.8, 4) is 0 Å². The molecule has 0 aliphatic rings. The third-order valence-electron chi connectivity index (χ3n) is 3.09. The molecule has 0 fully saturated rings. The summed E-state index contributed by atoms with van der Waals surface area (Å²) in [6, 6.07) is 5.41. The van der Waals surface area contributed by atoms with E-state index in [0.717, 1.165) is 0 Å². The fourth-order valence-electron chi connectivity index (χ4n) is 2.04. The Morgan fingerprint density at radius 3 is 2.58 bits per heavy atom. The molecule has 0 aliphatic carbocycles. The molecule has 0 aliphatic heterocycles. The lowest BCUT2D eigenvalue weighted by Gasteiger charge is -2.18. The number of aromatic amines is 1. The molecule has 1 aromatic heterocycles. The number of benzene rings is 1. The van der Waals surface area contributed by atoms with Crippen molar-refractivity contribution in [1.82, 2.24) is 9.88 Å². The standard InChI is InChI=1S/C14H15FN2O2/c1-3-17(4-2)14(19)12-8-9-7-10(15)5-6-11(9)13(18)16-12/h5-8H,3-4H2,1-2H3,(H,16,18). The fraction of sp³-hybridized carbons (Fsp3) is 0.286. The number of fused-ring (bicyclic) bond motifs is 1. The Balaban J connectivity index is 2.57. The van der Waals surface area contributed by atoms with Gasteiger partial charge in [0.2, 0.25) is 0 Å². The van der Waals surface area contributed by atoms with E-state index in [1.54, 1.807) is 4.90 Å². The number of hydrogen-bond acceptors (Lipinski definition) is 2. The van der Waals surface area contributed by atoms with Crippen LogP contribution in [0, 0.1) is 5.82 Å². The Labute approximate surface area is 109 Å². The van der Waals surface area contributed by atoms with Crippen LogP contribution in [0.4, 0.5) is 4.39 Å². The van der Waals surface area contributed by atoms with Gasteiger partial charge in [0.15, 0.2) is 0 Å². The normalized spacial score (nSPS) is 10.7. The van der Waals surface area contributed by atoms with Crippen molar-refractivity contribution in [1.29, 1.82) is 0 Å². The molecule has 19 heavy (non-hydrogen) atoms. The number of carbonyl (C=O) groups is 1. The maximum atomic E-state index is 13.2. The smallest absolute Gasteiger partial charge is 0.270 e. The molecule has 100 valence electrons. The van der Waals surface area contributed by atoms with Crippen molar-refractivity contribution in [2.24, 2.45) is 0 Å². The van der Waals surface area contributed by atoms with Crippen molar-refractivity contribution in [2.45, 2.75) is 13.8 Å². The van der Waals surface area contributed by atoms with Crippen molar-refractivity contribution in [3.05, 3.63) is 46.1 Å². The predicted molar refractivity (Wildman–Crippen MR) is 71.8 cm³/mol. The molecule has 0 radical (unpaired) electrons. The van der Waals surface area contributed by atoms with Gasteiger partial charge in [-0.05, 0) is 43.5 Å². The van der Waals surface area contributed by atoms with Gasteiger partial charge in [0.05, 0.1) is 0 Å². The third kappa shape index (κ3) is 2.50. The molecule has 0 unspecified atom stereocenters. The van der Waals surface area contributed by atoms with E-state index < -0.39 is 5.82 Å². The van der Waals surface area contributed by atoms with Gasteiger partial charge in [-0.2, -0.15) is 0 Å². The van der Waals surface area contributed by atoms with Crippen molar-refractivity contribution >= 4 is 16.7 Å². The molecule has 1 amide bonds. The first-order valence-corrected chi connectivity index (χ1v) is 6.18. The first kappa shape index (κ1) is 13.3. The van der Waals surface area contributed by atoms with Crippen LogP contribution in [0.3, 0.4) is 0 Å². The van der Waals surface area contributed by atoms with Gasteiger partial charge < -0.3 is 9.88 Å². The summed E-state index contributed by atoms with van der Waals surface area (Å²) < 4.78 is 13.2. The number of nitrogens with one attached hydrogen (secondary N) is 1. The van der Waals surface area contributed by atoms with E-state index in [1.165, 1.54) is 24.3 Å². The number of pyridine rings is 1. The largest absolute Gasteiger partial charge is 0.338 e. The molecule has 4 nitrogen and oxygen atoms in total. The summed E-state index contributed by atoms with van der Waals surface area (Å²) in [5, 5.41) is 0.803. The van der Waals surface area contributed by atoms with Gasteiger partial charge in [-0.15, -0.1) is 0 Å². The summed E-state index contributed by atoms with van der Waals surface area (Å²) in [5.41, 5.74) is -0.195. The molecule has 0 saturated heterocycles. The number of carbonyl (C=O) groups excluding carboxylic acids is 1. The number of rotatable bonds is 3. The monoisotopic (exact) mass is 262 g/mol. The summed E-state index contributed by atoms with van der Waals surface area (Å²) in [5.74, 6) is -0.687. The number of H-pyrrole nitrogens is 1. The third-order valence-corrected chi connectivity index (χ3v) is 3.09. The number of amides is 1. The molecule has 1 aromatic carbocycles. The van der Waals surface area contributed by atoms with E-state index in [2.05, 4.69) is 4.98 Å². The lowest BCUT2D eigenvalue weighted by atomic mass is 10.1. The Kier molecular flexibility index (Phi) is 3.64. The highest BCUT2D eigenvalue weighted by Crippen LogP contribution is 2.13. The molecule has 2 rings (SSSR count). The number of hydrogen-bond donors (Lipinski definition) is 1. The minimum absolute atomic E-state index is 0.187. The highest BCUT2D eigenvalue weighted by atomic mass is 19.1. The number of halogens is 1. The lowest BCUT2D eigenvalue weighted by Crippen LogP contribution is -2.32. The van der Waals surface area contributed by atoms with E-state index in [0.29, 0.717) is 23.9 Å². The molecule has 0 saturated carbocycles. The van der Waals surface area contributed by atoms with E-state index in [9.17, 15) is 14.0 Å². The van der Waals surface area contributed by atoms with Gasteiger partial charge in [-0.3, -0.25) is 9.59 Å². The van der Waals surface area contributed by atoms with Crippen LogP contribution >= 0.6 is 0 Å². The minimum Gasteiger partial charge on any atom is -0.338 e. The molecule has 0 atom stereocenters. The summed E-state index contributed by atoms with van der Waals surface area (Å²) >= 11 is 0. The van der Waals surface area contributed by atoms with Crippen LogP contribution in [0.25, 0.3) is 10.8 Å². The second-order valence-corrected chi connectivity index (χ2v) is 4.22. The van der Waals surface area contributed by atoms with Crippen molar-refractivity contribution < 1.29 is 9.18 Å². The summed E-state index contributed by atoms with van der Waals surface area (Å²) in [4.78, 5) is 28.2. The van der Waals surface area contributed by atoms with E-state index in [4.69, 9.17) is 0 Å². The van der Waals surface area contributed by atoms with Crippen LogP contribution in [0.1, 0.15) is 24.3 Å². The van der Waals surface area contributed by atoms with E-state index in [1.807, 2.05) is 13.8 Å². The number of nitrogens with zero attached hydrogens (tertiary/aromatic N) is 1. The maximum absolute atomic E-state index is 13.2. The van der Waals surface area contributed by atoms with Gasteiger partial charge in [0, 0.05) is 18.5 Å². The molecule has 1 heterocycles. The molecule has 0 bridgehead atoms. The quantitative estimate of drug-likeness (QED) is 0.921. The maximum Gasteiger partial charge on any atom is 0.270 e. The van der Waals surface area contributed by atoms with Gasteiger partial charge in [0.25, 0.3) is 11.5 Å². The summed E-state index contributed by atoms with van der Waals surface area (Å²) in [7, 11) is 0. The summed E-state index contributed by atoms with van der Waals surface area (Å²) in [6.45, 7) is 4.83. The zero-order valence-electron chi connectivity index (χ0n) is 10.9. The van der Waals surface area contributed by atoms with Crippen LogP contribution in [0.2, 0.25) is 0 Å². The number of aromatic nitrogens is 1. The van der Waals surface area contributed by atoms with Gasteiger partial charge in [0.1, 0.15) is 11.5 Å². The van der Waals surface area contributed by atoms with Crippen molar-refractivity contribution in [2.75, 3.05) is 13.1 Å². The Hall–Kier alpha value is -2.17. The van der Waals surface area contributed by atoms with Crippen LogP contribution in [0.5, 0.6) is 0 Å². The Morgan fingerprint density at radius 2 is 1.95 bits per heavy atom. The average molecular weight is 262 g/mol. The van der Waals surface area contributed by atoms with Crippen LogP contribution in [-0.2, 0) is 0 Å². The fourth-order valence-corrected chi connectivity index (χ4v) is 2.04. The van der Waals surface area contributed by atoms with Crippen LogP contribution in [-0.4, -0.2) is 28.9 Å². The van der Waals surface area contributed by atoms with Gasteiger partial charge in [-0.25, -0.2) is 4.39 Å². The molecule has 0 spiro atoms.